The summed E-state index contributed by atoms with van der Waals surface area (Å²) in [5, 5.41) is 3.41. The molecule has 2 rings (SSSR count). The molecule has 11 heavy (non-hydrogen) atoms. The van der Waals surface area contributed by atoms with Crippen molar-refractivity contribution in [3.63, 3.8) is 0 Å². The van der Waals surface area contributed by atoms with Gasteiger partial charge in [-0.25, -0.2) is 0 Å². The molecule has 2 fully saturated rings. The third kappa shape index (κ3) is 1.13. The van der Waals surface area contributed by atoms with Crippen LogP contribution in [0.3, 0.4) is 0 Å². The molecule has 0 amide bonds. The Bertz CT molecular complexity index is 162. The minimum atomic E-state index is 0.612. The van der Waals surface area contributed by atoms with Gasteiger partial charge >= 0.3 is 0 Å². The molecule has 2 aliphatic heterocycles. The van der Waals surface area contributed by atoms with Gasteiger partial charge in [0.15, 0.2) is 0 Å². The third-order valence-electron chi connectivity index (χ3n) is 2.69. The quantitative estimate of drug-likeness (QED) is 0.422. The average Bonchev–Trinajstić information content (AvgIpc) is 2.35. The van der Waals surface area contributed by atoms with Gasteiger partial charge in [-0.1, -0.05) is 0 Å². The Balaban J connectivity index is 1.86. The van der Waals surface area contributed by atoms with Gasteiger partial charge in [-0.3, -0.25) is 4.99 Å². The van der Waals surface area contributed by atoms with E-state index in [9.17, 15) is 0 Å². The normalized spacial score (nSPS) is 28.3. The van der Waals surface area contributed by atoms with E-state index in [1.54, 1.807) is 0 Å². The number of likely N-dealkylation sites (tertiary alicyclic amines) is 1. The molecule has 0 bridgehead atoms. The molecular formula is C8H15N3. The highest BCUT2D eigenvalue weighted by atomic mass is 15.2. The molecule has 62 valence electrons. The van der Waals surface area contributed by atoms with Crippen molar-refractivity contribution in [3.05, 3.63) is 0 Å². The Kier molecular flexibility index (Phi) is 1.60. The summed E-state index contributed by atoms with van der Waals surface area (Å²) in [6, 6.07) is 0. The number of nitrogens with one attached hydrogen (secondary N) is 1. The maximum atomic E-state index is 3.99. The summed E-state index contributed by atoms with van der Waals surface area (Å²) in [7, 11) is 1.83. The van der Waals surface area contributed by atoms with Gasteiger partial charge in [0.05, 0.1) is 6.34 Å². The molecule has 0 aromatic rings. The molecule has 0 saturated carbocycles. The van der Waals surface area contributed by atoms with Gasteiger partial charge in [-0.2, -0.15) is 0 Å². The van der Waals surface area contributed by atoms with E-state index >= 15 is 0 Å². The van der Waals surface area contributed by atoms with Crippen molar-refractivity contribution >= 4 is 6.34 Å². The van der Waals surface area contributed by atoms with Crippen LogP contribution >= 0.6 is 0 Å². The number of nitrogens with zero attached hydrogens (tertiary/aromatic N) is 2. The Morgan fingerprint density at radius 1 is 1.55 bits per heavy atom. The fraction of sp³-hybridized carbons (Fsp3) is 0.875. The van der Waals surface area contributed by atoms with Gasteiger partial charge in [0.2, 0.25) is 0 Å². The van der Waals surface area contributed by atoms with E-state index in [0.717, 1.165) is 0 Å². The fourth-order valence-electron chi connectivity index (χ4n) is 2.13. The van der Waals surface area contributed by atoms with Crippen molar-refractivity contribution in [1.82, 2.24) is 10.2 Å². The number of rotatable bonds is 1. The summed E-state index contributed by atoms with van der Waals surface area (Å²) in [5.74, 6) is 0. The number of hydrogen-bond acceptors (Lipinski definition) is 2. The lowest BCUT2D eigenvalue weighted by Crippen LogP contribution is -2.56. The van der Waals surface area contributed by atoms with E-state index < -0.39 is 0 Å². The van der Waals surface area contributed by atoms with Crippen molar-refractivity contribution in [2.75, 3.05) is 33.2 Å². The van der Waals surface area contributed by atoms with Gasteiger partial charge < -0.3 is 10.2 Å². The molecule has 3 nitrogen and oxygen atoms in total. The van der Waals surface area contributed by atoms with Crippen molar-refractivity contribution in [2.24, 2.45) is 10.4 Å². The van der Waals surface area contributed by atoms with Crippen LogP contribution in [-0.4, -0.2) is 44.5 Å². The molecule has 3 heteroatoms. The maximum Gasteiger partial charge on any atom is 0.0846 e. The lowest BCUT2D eigenvalue weighted by Gasteiger charge is -2.46. The molecule has 0 atom stereocenters. The first-order valence-electron chi connectivity index (χ1n) is 4.22. The Morgan fingerprint density at radius 3 is 2.91 bits per heavy atom. The predicted molar refractivity (Wildman–Crippen MR) is 45.9 cm³/mol. The molecule has 0 aromatic heterocycles. The van der Waals surface area contributed by atoms with Crippen molar-refractivity contribution in [1.29, 1.82) is 0 Å². The lowest BCUT2D eigenvalue weighted by atomic mass is 9.79. The lowest BCUT2D eigenvalue weighted by molar-refractivity contribution is 0.0847. The molecule has 0 unspecified atom stereocenters. The second-order valence-corrected chi connectivity index (χ2v) is 3.71. The molecular weight excluding hydrogens is 138 g/mol. The topological polar surface area (TPSA) is 27.6 Å². The van der Waals surface area contributed by atoms with Crippen LogP contribution in [0.5, 0.6) is 0 Å². The predicted octanol–water partition coefficient (Wildman–Crippen LogP) is -0.0602. The molecule has 2 aliphatic rings. The fourth-order valence-corrected chi connectivity index (χ4v) is 2.13. The Labute approximate surface area is 67.5 Å². The van der Waals surface area contributed by atoms with Crippen LogP contribution in [0.4, 0.5) is 0 Å². The van der Waals surface area contributed by atoms with Crippen LogP contribution in [-0.2, 0) is 0 Å². The van der Waals surface area contributed by atoms with Gasteiger partial charge in [0.1, 0.15) is 0 Å². The second kappa shape index (κ2) is 2.48. The summed E-state index contributed by atoms with van der Waals surface area (Å²) in [6.45, 7) is 4.83. The average molecular weight is 153 g/mol. The third-order valence-corrected chi connectivity index (χ3v) is 2.69. The monoisotopic (exact) mass is 153 g/mol. The van der Waals surface area contributed by atoms with Crippen LogP contribution in [0.15, 0.2) is 4.99 Å². The minimum Gasteiger partial charge on any atom is -0.362 e. The standard InChI is InChI=1S/C8H15N3/c1-9-7-11-5-8(6-11)2-3-10-4-8/h7,10H,2-6H2,1H3. The number of aliphatic imine (C=N–C) groups is 1. The zero-order chi connectivity index (χ0) is 7.73. The second-order valence-electron chi connectivity index (χ2n) is 3.71. The van der Waals surface area contributed by atoms with Gasteiger partial charge in [-0.15, -0.1) is 0 Å². The summed E-state index contributed by atoms with van der Waals surface area (Å²) in [5.41, 5.74) is 0.612. The molecule has 1 spiro atoms. The van der Waals surface area contributed by atoms with E-state index in [-0.39, 0.29) is 0 Å². The van der Waals surface area contributed by atoms with E-state index in [0.29, 0.717) is 5.41 Å². The summed E-state index contributed by atoms with van der Waals surface area (Å²) in [4.78, 5) is 6.28. The van der Waals surface area contributed by atoms with Crippen LogP contribution in [0.25, 0.3) is 0 Å². The molecule has 2 heterocycles. The van der Waals surface area contributed by atoms with Crippen LogP contribution in [0, 0.1) is 5.41 Å². The van der Waals surface area contributed by atoms with E-state index in [1.807, 2.05) is 13.4 Å². The van der Waals surface area contributed by atoms with Crippen molar-refractivity contribution < 1.29 is 0 Å². The van der Waals surface area contributed by atoms with Gasteiger partial charge in [-0.05, 0) is 13.0 Å². The van der Waals surface area contributed by atoms with Crippen LogP contribution < -0.4 is 5.32 Å². The maximum absolute atomic E-state index is 3.99. The SMILES string of the molecule is CN=CN1CC2(CCNC2)C1. The van der Waals surface area contributed by atoms with Crippen molar-refractivity contribution in [3.8, 4) is 0 Å². The molecule has 0 radical (unpaired) electrons. The smallest absolute Gasteiger partial charge is 0.0846 e. The van der Waals surface area contributed by atoms with Crippen LogP contribution in [0.1, 0.15) is 6.42 Å². The zero-order valence-corrected chi connectivity index (χ0v) is 7.01. The molecule has 1 N–H and O–H groups in total. The first kappa shape index (κ1) is 7.10. The van der Waals surface area contributed by atoms with Gasteiger partial charge in [0.25, 0.3) is 0 Å². The van der Waals surface area contributed by atoms with E-state index in [4.69, 9.17) is 0 Å². The zero-order valence-electron chi connectivity index (χ0n) is 7.01. The first-order valence-corrected chi connectivity index (χ1v) is 4.22. The largest absolute Gasteiger partial charge is 0.362 e. The molecule has 0 aliphatic carbocycles. The van der Waals surface area contributed by atoms with Gasteiger partial charge in [0, 0.05) is 32.1 Å². The van der Waals surface area contributed by atoms with E-state index in [2.05, 4.69) is 15.2 Å². The van der Waals surface area contributed by atoms with Crippen molar-refractivity contribution in [2.45, 2.75) is 6.42 Å². The number of hydrogen-bond donors (Lipinski definition) is 1. The van der Waals surface area contributed by atoms with E-state index in [1.165, 1.54) is 32.6 Å². The minimum absolute atomic E-state index is 0.612. The first-order chi connectivity index (χ1) is 5.35. The highest BCUT2D eigenvalue weighted by Gasteiger charge is 2.43. The van der Waals surface area contributed by atoms with Crippen LogP contribution in [0.2, 0.25) is 0 Å². The summed E-state index contributed by atoms with van der Waals surface area (Å²) in [6.07, 6.45) is 3.30. The highest BCUT2D eigenvalue weighted by Crippen LogP contribution is 2.34. The molecule has 0 aromatic carbocycles. The summed E-state index contributed by atoms with van der Waals surface area (Å²) < 4.78 is 0. The summed E-state index contributed by atoms with van der Waals surface area (Å²) >= 11 is 0. The Hall–Kier alpha value is -0.570. The highest BCUT2D eigenvalue weighted by molar-refractivity contribution is 5.56. The molecule has 2 saturated heterocycles. The Morgan fingerprint density at radius 2 is 2.36 bits per heavy atom.